The number of carbonyl (C=O) groups is 2. The summed E-state index contributed by atoms with van der Waals surface area (Å²) < 4.78 is 0.0419. The number of aromatic hydroxyl groups is 3. The van der Waals surface area contributed by atoms with E-state index in [1.54, 1.807) is 6.92 Å². The molecule has 0 radical (unpaired) electrons. The highest BCUT2D eigenvalue weighted by Gasteiger charge is 2.37. The van der Waals surface area contributed by atoms with E-state index in [1.165, 1.54) is 12.1 Å². The molecule has 0 aromatic heterocycles. The Morgan fingerprint density at radius 1 is 0.810 bits per heavy atom. The van der Waals surface area contributed by atoms with E-state index < -0.39 is 17.3 Å². The summed E-state index contributed by atoms with van der Waals surface area (Å²) >= 11 is 3.06. The van der Waals surface area contributed by atoms with Crippen LogP contribution in [0.2, 0.25) is 0 Å². The van der Waals surface area contributed by atoms with Crippen LogP contribution in [0.4, 0.5) is 0 Å². The number of rotatable bonds is 0. The third kappa shape index (κ3) is 1.76. The van der Waals surface area contributed by atoms with Crippen LogP contribution in [0.15, 0.2) is 22.7 Å². The molecular weight excluding hydrogens is 340 g/mol. The molecule has 2 aromatic rings. The second-order valence-electron chi connectivity index (χ2n) is 4.84. The zero-order valence-corrected chi connectivity index (χ0v) is 12.4. The Hall–Kier alpha value is -2.34. The predicted octanol–water partition coefficient (Wildman–Crippen LogP) is 2.65. The molecule has 3 N–H and O–H groups in total. The normalized spacial score (nSPS) is 13.0. The van der Waals surface area contributed by atoms with Crippen LogP contribution < -0.4 is 0 Å². The zero-order chi connectivity index (χ0) is 15.5. The van der Waals surface area contributed by atoms with Crippen molar-refractivity contribution in [1.82, 2.24) is 0 Å². The standard InChI is InChI=1S/C15H9BrO5/c1-5-2-6-10(7(17)3-5)15(21)11-8(18)4-9(19)13(16)12(11)14(6)20/h2-4,17-19H,1H3. The van der Waals surface area contributed by atoms with Gasteiger partial charge < -0.3 is 15.3 Å². The van der Waals surface area contributed by atoms with Gasteiger partial charge in [0.2, 0.25) is 5.78 Å². The molecule has 1 aliphatic carbocycles. The first-order valence-corrected chi connectivity index (χ1v) is 6.79. The lowest BCUT2D eigenvalue weighted by Crippen LogP contribution is -2.22. The van der Waals surface area contributed by atoms with Crippen LogP contribution in [0, 0.1) is 6.92 Å². The molecule has 0 atom stereocenters. The van der Waals surface area contributed by atoms with Gasteiger partial charge in [0, 0.05) is 11.6 Å². The SMILES string of the molecule is Cc1cc(O)c2c(c1)C(=O)c1c(Br)c(O)cc(O)c1C2=O. The topological polar surface area (TPSA) is 94.8 Å². The molecule has 5 nitrogen and oxygen atoms in total. The fraction of sp³-hybridized carbons (Fsp3) is 0.0667. The smallest absolute Gasteiger partial charge is 0.202 e. The van der Waals surface area contributed by atoms with Gasteiger partial charge in [0.1, 0.15) is 17.2 Å². The van der Waals surface area contributed by atoms with E-state index >= 15 is 0 Å². The summed E-state index contributed by atoms with van der Waals surface area (Å²) in [7, 11) is 0. The molecule has 2 aromatic carbocycles. The van der Waals surface area contributed by atoms with E-state index in [1.807, 2.05) is 0 Å². The Labute approximate surface area is 127 Å². The van der Waals surface area contributed by atoms with Crippen LogP contribution in [-0.4, -0.2) is 26.9 Å². The Bertz CT molecular complexity index is 839. The summed E-state index contributed by atoms with van der Waals surface area (Å²) in [5, 5.41) is 29.5. The summed E-state index contributed by atoms with van der Waals surface area (Å²) in [5.41, 5.74) is 0.212. The van der Waals surface area contributed by atoms with E-state index in [-0.39, 0.29) is 38.2 Å². The zero-order valence-electron chi connectivity index (χ0n) is 10.8. The van der Waals surface area contributed by atoms with Crippen molar-refractivity contribution in [3.63, 3.8) is 0 Å². The average Bonchev–Trinajstić information content (AvgIpc) is 2.39. The molecule has 21 heavy (non-hydrogen) atoms. The number of benzene rings is 2. The van der Waals surface area contributed by atoms with E-state index in [2.05, 4.69) is 15.9 Å². The van der Waals surface area contributed by atoms with E-state index in [9.17, 15) is 24.9 Å². The second kappa shape index (κ2) is 4.33. The van der Waals surface area contributed by atoms with Gasteiger partial charge in [-0.25, -0.2) is 0 Å². The number of phenols is 3. The summed E-state index contributed by atoms with van der Waals surface area (Å²) in [6, 6.07) is 3.84. The summed E-state index contributed by atoms with van der Waals surface area (Å²) in [6.45, 7) is 1.68. The van der Waals surface area contributed by atoms with Gasteiger partial charge in [-0.1, -0.05) is 0 Å². The number of aryl methyl sites for hydroxylation is 1. The Morgan fingerprint density at radius 3 is 2.10 bits per heavy atom. The number of hydrogen-bond donors (Lipinski definition) is 3. The molecule has 1 aliphatic rings. The van der Waals surface area contributed by atoms with Gasteiger partial charge in [-0.3, -0.25) is 9.59 Å². The first-order valence-electron chi connectivity index (χ1n) is 6.00. The van der Waals surface area contributed by atoms with Gasteiger partial charge in [-0.15, -0.1) is 0 Å². The molecule has 0 aliphatic heterocycles. The van der Waals surface area contributed by atoms with Crippen molar-refractivity contribution in [3.8, 4) is 17.2 Å². The average molecular weight is 349 g/mol. The van der Waals surface area contributed by atoms with Gasteiger partial charge >= 0.3 is 0 Å². The molecule has 0 saturated heterocycles. The van der Waals surface area contributed by atoms with Crippen LogP contribution in [0.1, 0.15) is 37.4 Å². The Morgan fingerprint density at radius 2 is 1.43 bits per heavy atom. The van der Waals surface area contributed by atoms with E-state index in [4.69, 9.17) is 0 Å². The van der Waals surface area contributed by atoms with Crippen LogP contribution in [0.25, 0.3) is 0 Å². The maximum absolute atomic E-state index is 12.6. The van der Waals surface area contributed by atoms with Crippen LogP contribution >= 0.6 is 15.9 Å². The largest absolute Gasteiger partial charge is 0.507 e. The highest BCUT2D eigenvalue weighted by molar-refractivity contribution is 9.10. The second-order valence-corrected chi connectivity index (χ2v) is 5.64. The number of carbonyl (C=O) groups excluding carboxylic acids is 2. The summed E-state index contributed by atoms with van der Waals surface area (Å²) in [5.74, 6) is -2.35. The quantitative estimate of drug-likeness (QED) is 0.580. The number of hydrogen-bond acceptors (Lipinski definition) is 5. The number of fused-ring (bicyclic) bond motifs is 2. The molecule has 106 valence electrons. The maximum Gasteiger partial charge on any atom is 0.202 e. The van der Waals surface area contributed by atoms with Gasteiger partial charge in [-0.05, 0) is 40.5 Å². The van der Waals surface area contributed by atoms with Crippen molar-refractivity contribution >= 4 is 27.5 Å². The molecule has 0 bridgehead atoms. The van der Waals surface area contributed by atoms with E-state index in [0.717, 1.165) is 6.07 Å². The molecule has 0 fully saturated rings. The van der Waals surface area contributed by atoms with E-state index in [0.29, 0.717) is 5.56 Å². The minimum atomic E-state index is -0.657. The van der Waals surface area contributed by atoms with Crippen LogP contribution in [0.5, 0.6) is 17.2 Å². The minimum Gasteiger partial charge on any atom is -0.507 e. The van der Waals surface area contributed by atoms with Gasteiger partial charge in [-0.2, -0.15) is 0 Å². The molecule has 3 rings (SSSR count). The summed E-state index contributed by atoms with van der Waals surface area (Å²) in [4.78, 5) is 25.1. The molecular formula is C15H9BrO5. The van der Waals surface area contributed by atoms with Crippen molar-refractivity contribution in [1.29, 1.82) is 0 Å². The van der Waals surface area contributed by atoms with Crippen molar-refractivity contribution in [2.45, 2.75) is 6.92 Å². The highest BCUT2D eigenvalue weighted by atomic mass is 79.9. The third-order valence-electron chi connectivity index (χ3n) is 3.41. The first-order chi connectivity index (χ1) is 9.82. The van der Waals surface area contributed by atoms with Crippen molar-refractivity contribution in [3.05, 3.63) is 50.5 Å². The van der Waals surface area contributed by atoms with Gasteiger partial charge in [0.25, 0.3) is 0 Å². The van der Waals surface area contributed by atoms with Crippen molar-refractivity contribution in [2.24, 2.45) is 0 Å². The molecule has 0 heterocycles. The number of phenolic OH excluding ortho intramolecular Hbond substituents is 3. The highest BCUT2D eigenvalue weighted by Crippen LogP contribution is 2.43. The molecule has 0 amide bonds. The lowest BCUT2D eigenvalue weighted by atomic mass is 9.82. The van der Waals surface area contributed by atoms with Gasteiger partial charge in [0.05, 0.1) is 21.2 Å². The lowest BCUT2D eigenvalue weighted by Gasteiger charge is -2.21. The molecule has 0 spiro atoms. The predicted molar refractivity (Wildman–Crippen MR) is 77.2 cm³/mol. The van der Waals surface area contributed by atoms with Crippen molar-refractivity contribution in [2.75, 3.05) is 0 Å². The Kier molecular flexibility index (Phi) is 2.81. The first kappa shape index (κ1) is 13.6. The number of ketones is 2. The lowest BCUT2D eigenvalue weighted by molar-refractivity contribution is 0.0973. The fourth-order valence-electron chi connectivity index (χ4n) is 2.52. The van der Waals surface area contributed by atoms with Crippen LogP contribution in [-0.2, 0) is 0 Å². The van der Waals surface area contributed by atoms with Gasteiger partial charge in [0.15, 0.2) is 5.78 Å². The maximum atomic E-state index is 12.6. The Balaban J connectivity index is 2.44. The summed E-state index contributed by atoms with van der Waals surface area (Å²) in [6.07, 6.45) is 0. The fourth-order valence-corrected chi connectivity index (χ4v) is 3.01. The van der Waals surface area contributed by atoms with Crippen LogP contribution in [0.3, 0.4) is 0 Å². The molecule has 6 heteroatoms. The monoisotopic (exact) mass is 348 g/mol. The third-order valence-corrected chi connectivity index (χ3v) is 4.21. The molecule has 0 unspecified atom stereocenters. The minimum absolute atomic E-state index is 0.0419. The molecule has 0 saturated carbocycles. The van der Waals surface area contributed by atoms with Crippen molar-refractivity contribution < 1.29 is 24.9 Å². The number of halogens is 1.